The first kappa shape index (κ1) is 25.2. The Morgan fingerprint density at radius 3 is 2.28 bits per heavy atom. The number of rotatable bonds is 8. The minimum Gasteiger partial charge on any atom is -0.329 e. The summed E-state index contributed by atoms with van der Waals surface area (Å²) >= 11 is 6.26. The van der Waals surface area contributed by atoms with Gasteiger partial charge >= 0.3 is 0 Å². The number of carbonyl (C=O) groups is 2. The van der Waals surface area contributed by atoms with Crippen molar-refractivity contribution in [3.8, 4) is 16.8 Å². The van der Waals surface area contributed by atoms with Gasteiger partial charge in [0.1, 0.15) is 12.4 Å². The van der Waals surface area contributed by atoms with E-state index in [4.69, 9.17) is 16.7 Å². The Bertz CT molecular complexity index is 1360. The second-order valence-corrected chi connectivity index (χ2v) is 9.08. The summed E-state index contributed by atoms with van der Waals surface area (Å²) in [5.74, 6) is -0.0207. The van der Waals surface area contributed by atoms with Gasteiger partial charge in [-0.25, -0.2) is 4.68 Å². The number of aromatic nitrogens is 2. The van der Waals surface area contributed by atoms with Crippen molar-refractivity contribution in [2.45, 2.75) is 27.2 Å². The summed E-state index contributed by atoms with van der Waals surface area (Å²) in [7, 11) is 0. The summed E-state index contributed by atoms with van der Waals surface area (Å²) in [5, 5.41) is 8.17. The van der Waals surface area contributed by atoms with Crippen LogP contribution in [0, 0.1) is 13.8 Å². The molecule has 0 saturated heterocycles. The SMILES string of the molecule is CCCN(CC(=O)Nc1c(-c2ccccc2)c(C)nn1-c1ccc(C)cc1)C(=O)c1ccccc1Cl. The van der Waals surface area contributed by atoms with Gasteiger partial charge in [-0.15, -0.1) is 0 Å². The lowest BCUT2D eigenvalue weighted by Gasteiger charge is -2.22. The van der Waals surface area contributed by atoms with Gasteiger partial charge in [0, 0.05) is 12.1 Å². The van der Waals surface area contributed by atoms with Crippen LogP contribution in [0.25, 0.3) is 16.8 Å². The topological polar surface area (TPSA) is 67.2 Å². The predicted molar refractivity (Wildman–Crippen MR) is 145 cm³/mol. The second kappa shape index (κ2) is 11.2. The Balaban J connectivity index is 1.68. The number of carbonyl (C=O) groups excluding carboxylic acids is 2. The minimum absolute atomic E-state index is 0.107. The second-order valence-electron chi connectivity index (χ2n) is 8.68. The Kier molecular flexibility index (Phi) is 7.86. The van der Waals surface area contributed by atoms with Gasteiger partial charge < -0.3 is 10.2 Å². The van der Waals surface area contributed by atoms with E-state index in [2.05, 4.69) is 5.32 Å². The molecule has 0 radical (unpaired) electrons. The van der Waals surface area contributed by atoms with Gasteiger partial charge in [0.05, 0.1) is 22.0 Å². The molecule has 1 aromatic heterocycles. The maximum Gasteiger partial charge on any atom is 0.255 e. The molecule has 0 unspecified atom stereocenters. The lowest BCUT2D eigenvalue weighted by molar-refractivity contribution is -0.116. The van der Waals surface area contributed by atoms with Crippen LogP contribution < -0.4 is 5.32 Å². The molecule has 1 N–H and O–H groups in total. The molecule has 3 aromatic carbocycles. The average Bonchev–Trinajstić information content (AvgIpc) is 3.20. The molecular weight excluding hydrogens is 472 g/mol. The maximum absolute atomic E-state index is 13.4. The Labute approximate surface area is 216 Å². The molecule has 0 fully saturated rings. The molecule has 0 spiro atoms. The van der Waals surface area contributed by atoms with Crippen LogP contribution in [0.3, 0.4) is 0 Å². The number of hydrogen-bond donors (Lipinski definition) is 1. The molecule has 0 aliphatic rings. The van der Waals surface area contributed by atoms with Crippen molar-refractivity contribution in [2.24, 2.45) is 0 Å². The third kappa shape index (κ3) is 5.50. The molecule has 6 nitrogen and oxygen atoms in total. The van der Waals surface area contributed by atoms with Crippen molar-refractivity contribution < 1.29 is 9.59 Å². The molecule has 4 rings (SSSR count). The largest absolute Gasteiger partial charge is 0.329 e. The van der Waals surface area contributed by atoms with E-state index in [-0.39, 0.29) is 18.4 Å². The highest BCUT2D eigenvalue weighted by atomic mass is 35.5. The van der Waals surface area contributed by atoms with E-state index < -0.39 is 0 Å². The van der Waals surface area contributed by atoms with Gasteiger partial charge in [-0.3, -0.25) is 9.59 Å². The number of aryl methyl sites for hydroxylation is 2. The number of anilines is 1. The molecule has 4 aromatic rings. The fourth-order valence-corrected chi connectivity index (χ4v) is 4.35. The summed E-state index contributed by atoms with van der Waals surface area (Å²) in [5.41, 5.74) is 4.91. The number of nitrogens with zero attached hydrogens (tertiary/aromatic N) is 3. The molecular formula is C29H29ClN4O2. The van der Waals surface area contributed by atoms with Crippen molar-refractivity contribution in [3.63, 3.8) is 0 Å². The highest BCUT2D eigenvalue weighted by Gasteiger charge is 2.24. The van der Waals surface area contributed by atoms with Gasteiger partial charge in [0.15, 0.2) is 0 Å². The zero-order valence-electron chi connectivity index (χ0n) is 20.7. The number of benzene rings is 3. The number of nitrogens with one attached hydrogen (secondary N) is 1. The number of amides is 2. The number of hydrogen-bond acceptors (Lipinski definition) is 3. The van der Waals surface area contributed by atoms with Crippen LogP contribution in [0.2, 0.25) is 5.02 Å². The highest BCUT2D eigenvalue weighted by molar-refractivity contribution is 6.33. The van der Waals surface area contributed by atoms with E-state index in [1.165, 1.54) is 4.90 Å². The number of halogens is 1. The molecule has 7 heteroatoms. The molecule has 0 aliphatic heterocycles. The van der Waals surface area contributed by atoms with E-state index in [0.717, 1.165) is 28.1 Å². The van der Waals surface area contributed by atoms with Crippen molar-refractivity contribution in [3.05, 3.63) is 101 Å². The Morgan fingerprint density at radius 2 is 1.61 bits per heavy atom. The molecule has 184 valence electrons. The van der Waals surface area contributed by atoms with E-state index in [9.17, 15) is 9.59 Å². The average molecular weight is 501 g/mol. The van der Waals surface area contributed by atoms with Crippen molar-refractivity contribution >= 4 is 29.2 Å². The van der Waals surface area contributed by atoms with Crippen LogP contribution in [-0.4, -0.2) is 39.6 Å². The first-order chi connectivity index (χ1) is 17.4. The van der Waals surface area contributed by atoms with Gasteiger partial charge in [0.2, 0.25) is 5.91 Å². The van der Waals surface area contributed by atoms with Crippen molar-refractivity contribution in [1.29, 1.82) is 0 Å². The van der Waals surface area contributed by atoms with Crippen LogP contribution in [0.5, 0.6) is 0 Å². The lowest BCUT2D eigenvalue weighted by atomic mass is 10.1. The third-order valence-corrected chi connectivity index (χ3v) is 6.21. The fraction of sp³-hybridized carbons (Fsp3) is 0.207. The lowest BCUT2D eigenvalue weighted by Crippen LogP contribution is -2.39. The molecule has 1 heterocycles. The highest BCUT2D eigenvalue weighted by Crippen LogP contribution is 2.33. The monoisotopic (exact) mass is 500 g/mol. The zero-order chi connectivity index (χ0) is 25.7. The van der Waals surface area contributed by atoms with Crippen LogP contribution in [-0.2, 0) is 4.79 Å². The van der Waals surface area contributed by atoms with Crippen molar-refractivity contribution in [2.75, 3.05) is 18.4 Å². The van der Waals surface area contributed by atoms with E-state index >= 15 is 0 Å². The quantitative estimate of drug-likeness (QED) is 0.308. The fourth-order valence-electron chi connectivity index (χ4n) is 4.14. The van der Waals surface area contributed by atoms with Crippen LogP contribution in [0.4, 0.5) is 5.82 Å². The molecule has 0 bridgehead atoms. The van der Waals surface area contributed by atoms with E-state index in [0.29, 0.717) is 29.4 Å². The maximum atomic E-state index is 13.4. The summed E-state index contributed by atoms with van der Waals surface area (Å²) in [6, 6.07) is 24.7. The molecule has 2 amide bonds. The van der Waals surface area contributed by atoms with E-state index in [1.54, 1.807) is 28.9 Å². The molecule has 0 atom stereocenters. The third-order valence-electron chi connectivity index (χ3n) is 5.88. The normalized spacial score (nSPS) is 10.8. The standard InChI is InChI=1S/C29H29ClN4O2/c1-4-18-33(29(36)24-12-8-9-13-25(24)30)19-26(35)31-28-27(22-10-6-5-7-11-22)21(3)32-34(28)23-16-14-20(2)15-17-23/h5-17H,4,18-19H2,1-3H3,(H,31,35). The first-order valence-electron chi connectivity index (χ1n) is 11.9. The summed E-state index contributed by atoms with van der Waals surface area (Å²) < 4.78 is 1.75. The van der Waals surface area contributed by atoms with Crippen molar-refractivity contribution in [1.82, 2.24) is 14.7 Å². The Morgan fingerprint density at radius 1 is 0.944 bits per heavy atom. The van der Waals surface area contributed by atoms with Crippen LogP contribution in [0.15, 0.2) is 78.9 Å². The van der Waals surface area contributed by atoms with Gasteiger partial charge in [-0.05, 0) is 50.1 Å². The zero-order valence-corrected chi connectivity index (χ0v) is 21.4. The van der Waals surface area contributed by atoms with Crippen LogP contribution in [0.1, 0.15) is 35.0 Å². The molecule has 0 saturated carbocycles. The van der Waals surface area contributed by atoms with Gasteiger partial charge in [-0.1, -0.05) is 78.7 Å². The molecule has 36 heavy (non-hydrogen) atoms. The summed E-state index contributed by atoms with van der Waals surface area (Å²) in [6.07, 6.45) is 0.707. The van der Waals surface area contributed by atoms with E-state index in [1.807, 2.05) is 75.4 Å². The Hall–Kier alpha value is -3.90. The van der Waals surface area contributed by atoms with Gasteiger partial charge in [0.25, 0.3) is 5.91 Å². The first-order valence-corrected chi connectivity index (χ1v) is 12.3. The summed E-state index contributed by atoms with van der Waals surface area (Å²) in [4.78, 5) is 28.1. The smallest absolute Gasteiger partial charge is 0.255 e. The summed E-state index contributed by atoms with van der Waals surface area (Å²) in [6.45, 7) is 6.24. The van der Waals surface area contributed by atoms with Gasteiger partial charge in [-0.2, -0.15) is 5.10 Å². The predicted octanol–water partition coefficient (Wildman–Crippen LogP) is 6.30. The molecule has 0 aliphatic carbocycles. The minimum atomic E-state index is -0.311. The van der Waals surface area contributed by atoms with Crippen LogP contribution >= 0.6 is 11.6 Å².